The Balaban J connectivity index is 1.41. The summed E-state index contributed by atoms with van der Waals surface area (Å²) in [6, 6.07) is 18.3. The molecule has 0 bridgehead atoms. The number of aromatic nitrogens is 3. The standard InChI is InChI=1S/C21H22N4O4/c26-19-18(12-25-17(11-23-24-25)15-7-3-1-4-8-15)29-14-21(19,28)13-22-20(27)16-9-5-2-6-10-16/h1-11,18-19,26,28H,12-14H2,(H,22,27)/t18-,19-,21+/m1/s1. The summed E-state index contributed by atoms with van der Waals surface area (Å²) in [4.78, 5) is 12.2. The summed E-state index contributed by atoms with van der Waals surface area (Å²) in [5.74, 6) is -0.322. The minimum absolute atomic E-state index is 0.0940. The lowest BCUT2D eigenvalue weighted by Gasteiger charge is -2.26. The highest BCUT2D eigenvalue weighted by Crippen LogP contribution is 2.27. The SMILES string of the molecule is O=C(NC[C@]1(O)CO[C@H](Cn2nncc2-c2ccccc2)[C@H]1O)c1ccccc1. The molecule has 1 aromatic heterocycles. The first-order valence-electron chi connectivity index (χ1n) is 9.36. The van der Waals surface area contributed by atoms with Crippen LogP contribution in [0.25, 0.3) is 11.3 Å². The van der Waals surface area contributed by atoms with Crippen molar-refractivity contribution in [2.45, 2.75) is 24.4 Å². The van der Waals surface area contributed by atoms with Gasteiger partial charge in [0.1, 0.15) is 17.8 Å². The van der Waals surface area contributed by atoms with Gasteiger partial charge in [0.05, 0.1) is 31.6 Å². The van der Waals surface area contributed by atoms with Gasteiger partial charge in [0.2, 0.25) is 0 Å². The molecule has 0 saturated carbocycles. The molecule has 0 aliphatic carbocycles. The van der Waals surface area contributed by atoms with Gasteiger partial charge in [0.25, 0.3) is 5.91 Å². The van der Waals surface area contributed by atoms with Gasteiger partial charge in [-0.1, -0.05) is 53.7 Å². The zero-order valence-corrected chi connectivity index (χ0v) is 15.7. The van der Waals surface area contributed by atoms with E-state index in [4.69, 9.17) is 4.74 Å². The van der Waals surface area contributed by atoms with Crippen molar-refractivity contribution in [3.63, 3.8) is 0 Å². The van der Waals surface area contributed by atoms with E-state index in [1.165, 1.54) is 0 Å². The summed E-state index contributed by atoms with van der Waals surface area (Å²) in [6.45, 7) is 0.00486. The smallest absolute Gasteiger partial charge is 0.251 e. The molecule has 1 fully saturated rings. The van der Waals surface area contributed by atoms with Gasteiger partial charge in [-0.3, -0.25) is 4.79 Å². The third kappa shape index (κ3) is 4.04. The number of rotatable bonds is 6. The van der Waals surface area contributed by atoms with Crippen LogP contribution in [0.5, 0.6) is 0 Å². The Kier molecular flexibility index (Phi) is 5.39. The topological polar surface area (TPSA) is 110 Å². The average molecular weight is 394 g/mol. The first kappa shape index (κ1) is 19.3. The lowest BCUT2D eigenvalue weighted by Crippen LogP contribution is -2.52. The monoisotopic (exact) mass is 394 g/mol. The van der Waals surface area contributed by atoms with E-state index in [0.717, 1.165) is 11.3 Å². The molecule has 1 amide bonds. The Morgan fingerprint density at radius 3 is 2.59 bits per heavy atom. The second-order valence-electron chi connectivity index (χ2n) is 7.11. The number of amides is 1. The molecule has 3 atom stereocenters. The third-order valence-corrected chi connectivity index (χ3v) is 5.08. The van der Waals surface area contributed by atoms with Crippen molar-refractivity contribution in [1.29, 1.82) is 0 Å². The van der Waals surface area contributed by atoms with Crippen LogP contribution in [-0.2, 0) is 11.3 Å². The van der Waals surface area contributed by atoms with Crippen LogP contribution in [0.2, 0.25) is 0 Å². The van der Waals surface area contributed by atoms with E-state index >= 15 is 0 Å². The molecule has 0 radical (unpaired) electrons. The second-order valence-corrected chi connectivity index (χ2v) is 7.11. The van der Waals surface area contributed by atoms with Crippen LogP contribution >= 0.6 is 0 Å². The number of carbonyl (C=O) groups is 1. The van der Waals surface area contributed by atoms with E-state index in [1.54, 1.807) is 35.1 Å². The van der Waals surface area contributed by atoms with Gasteiger partial charge in [-0.25, -0.2) is 4.68 Å². The molecule has 0 spiro atoms. The highest BCUT2D eigenvalue weighted by Gasteiger charge is 2.48. The summed E-state index contributed by atoms with van der Waals surface area (Å²) < 4.78 is 7.28. The van der Waals surface area contributed by atoms with Gasteiger partial charge in [-0.05, 0) is 12.1 Å². The van der Waals surface area contributed by atoms with Gasteiger partial charge in [-0.2, -0.15) is 0 Å². The molecular weight excluding hydrogens is 372 g/mol. The van der Waals surface area contributed by atoms with Gasteiger partial charge in [0.15, 0.2) is 0 Å². The van der Waals surface area contributed by atoms with E-state index < -0.39 is 17.8 Å². The highest BCUT2D eigenvalue weighted by atomic mass is 16.5. The highest BCUT2D eigenvalue weighted by molar-refractivity contribution is 5.94. The van der Waals surface area contributed by atoms with E-state index in [9.17, 15) is 15.0 Å². The van der Waals surface area contributed by atoms with Crippen molar-refractivity contribution in [2.24, 2.45) is 0 Å². The first-order chi connectivity index (χ1) is 14.1. The van der Waals surface area contributed by atoms with Crippen LogP contribution in [0.4, 0.5) is 0 Å². The minimum Gasteiger partial charge on any atom is -0.387 e. The van der Waals surface area contributed by atoms with Crippen molar-refractivity contribution >= 4 is 5.91 Å². The second kappa shape index (κ2) is 8.12. The van der Waals surface area contributed by atoms with E-state index in [-0.39, 0.29) is 25.6 Å². The maximum Gasteiger partial charge on any atom is 0.251 e. The minimum atomic E-state index is -1.58. The molecule has 8 nitrogen and oxygen atoms in total. The number of carbonyl (C=O) groups excluding carboxylic acids is 1. The number of hydrogen-bond acceptors (Lipinski definition) is 6. The Labute approximate surface area is 167 Å². The Morgan fingerprint density at radius 2 is 1.86 bits per heavy atom. The molecule has 1 aliphatic rings. The number of aliphatic hydroxyl groups is 2. The summed E-state index contributed by atoms with van der Waals surface area (Å²) in [5, 5.41) is 32.2. The molecule has 0 unspecified atom stereocenters. The summed E-state index contributed by atoms with van der Waals surface area (Å²) in [5.41, 5.74) is 0.628. The Morgan fingerprint density at radius 1 is 1.17 bits per heavy atom. The molecule has 29 heavy (non-hydrogen) atoms. The average Bonchev–Trinajstić information content (AvgIpc) is 3.34. The van der Waals surface area contributed by atoms with Crippen molar-refractivity contribution in [3.8, 4) is 11.3 Å². The zero-order chi connectivity index (χ0) is 20.3. The molecule has 1 aliphatic heterocycles. The van der Waals surface area contributed by atoms with Crippen LogP contribution in [0.15, 0.2) is 66.9 Å². The quantitative estimate of drug-likeness (QED) is 0.572. The molecule has 2 heterocycles. The lowest BCUT2D eigenvalue weighted by molar-refractivity contribution is -0.0486. The van der Waals surface area contributed by atoms with Gasteiger partial charge in [-0.15, -0.1) is 5.10 Å². The molecule has 150 valence electrons. The Bertz CT molecular complexity index is 963. The van der Waals surface area contributed by atoms with E-state index in [0.29, 0.717) is 5.56 Å². The van der Waals surface area contributed by atoms with E-state index in [1.807, 2.05) is 36.4 Å². The summed E-state index contributed by atoms with van der Waals surface area (Å²) in [6.07, 6.45) is -0.229. The number of nitrogens with zero attached hydrogens (tertiary/aromatic N) is 3. The van der Waals surface area contributed by atoms with Crippen LogP contribution in [-0.4, -0.2) is 62.1 Å². The van der Waals surface area contributed by atoms with Crippen LogP contribution < -0.4 is 5.32 Å². The fourth-order valence-corrected chi connectivity index (χ4v) is 3.40. The first-order valence-corrected chi connectivity index (χ1v) is 9.36. The Hall–Kier alpha value is -3.07. The fraction of sp³-hybridized carbons (Fsp3) is 0.286. The normalized spacial score (nSPS) is 23.8. The third-order valence-electron chi connectivity index (χ3n) is 5.08. The van der Waals surface area contributed by atoms with Crippen molar-refractivity contribution in [2.75, 3.05) is 13.2 Å². The van der Waals surface area contributed by atoms with Crippen LogP contribution in [0.3, 0.4) is 0 Å². The lowest BCUT2D eigenvalue weighted by atomic mass is 9.96. The molecule has 1 saturated heterocycles. The fourth-order valence-electron chi connectivity index (χ4n) is 3.40. The number of hydrogen-bond donors (Lipinski definition) is 3. The molecule has 4 rings (SSSR count). The predicted octanol–water partition coefficient (Wildman–Crippen LogP) is 0.866. The summed E-state index contributed by atoms with van der Waals surface area (Å²) in [7, 11) is 0. The number of aliphatic hydroxyl groups excluding tert-OH is 1. The number of nitrogens with one attached hydrogen (secondary N) is 1. The number of ether oxygens (including phenoxy) is 1. The van der Waals surface area contributed by atoms with Crippen LogP contribution in [0.1, 0.15) is 10.4 Å². The molecule has 3 aromatic rings. The molecule has 3 N–H and O–H groups in total. The van der Waals surface area contributed by atoms with Crippen LogP contribution in [0, 0.1) is 0 Å². The summed E-state index contributed by atoms with van der Waals surface area (Å²) >= 11 is 0. The zero-order valence-electron chi connectivity index (χ0n) is 15.7. The maximum absolute atomic E-state index is 12.2. The number of benzene rings is 2. The van der Waals surface area contributed by atoms with Crippen molar-refractivity contribution < 1.29 is 19.7 Å². The van der Waals surface area contributed by atoms with Gasteiger partial charge < -0.3 is 20.3 Å². The molecule has 2 aromatic carbocycles. The largest absolute Gasteiger partial charge is 0.387 e. The predicted molar refractivity (Wildman–Crippen MR) is 105 cm³/mol. The van der Waals surface area contributed by atoms with E-state index in [2.05, 4.69) is 15.6 Å². The van der Waals surface area contributed by atoms with Crippen molar-refractivity contribution in [1.82, 2.24) is 20.3 Å². The molecular formula is C21H22N4O4. The maximum atomic E-state index is 12.2. The van der Waals surface area contributed by atoms with Gasteiger partial charge in [0, 0.05) is 11.1 Å². The van der Waals surface area contributed by atoms with Gasteiger partial charge >= 0.3 is 0 Å². The van der Waals surface area contributed by atoms with Crippen molar-refractivity contribution in [3.05, 3.63) is 72.4 Å². The molecule has 8 heteroatoms.